The quantitative estimate of drug-likeness (QED) is 0.347. The molecular weight excluding hydrogens is 492 g/mol. The van der Waals surface area contributed by atoms with Crippen LogP contribution < -0.4 is 15.6 Å². The number of benzene rings is 3. The Labute approximate surface area is 244 Å². The third-order valence-electron chi connectivity index (χ3n) is 5.46. The Morgan fingerprint density at radius 3 is 2.00 bits per heavy atom. The molecule has 0 saturated heterocycles. The van der Waals surface area contributed by atoms with Gasteiger partial charge >= 0.3 is 59.1 Å². The molecule has 0 saturated carbocycles. The van der Waals surface area contributed by atoms with E-state index in [0.29, 0.717) is 17.7 Å². The first kappa shape index (κ1) is 29.4. The summed E-state index contributed by atoms with van der Waals surface area (Å²) in [5, 5.41) is 14.2. The van der Waals surface area contributed by atoms with Crippen molar-refractivity contribution in [2.24, 2.45) is 10.3 Å². The minimum absolute atomic E-state index is 0. The summed E-state index contributed by atoms with van der Waals surface area (Å²) in [7, 11) is -7.98. The molecular formula is C23H25N3Na2O4S2. The van der Waals surface area contributed by atoms with E-state index in [1.807, 2.05) is 30.3 Å². The SMILES string of the molecule is Cc1ccc(C=Cc2ccc(C3NCc4ccccc43)cc2S(N)(=O)=O)c(S(N)(=O)=O)c1.[NaH].[NaH]. The van der Waals surface area contributed by atoms with Crippen molar-refractivity contribution in [3.63, 3.8) is 0 Å². The van der Waals surface area contributed by atoms with Crippen LogP contribution >= 0.6 is 0 Å². The molecule has 5 N–H and O–H groups in total. The number of primary sulfonamides is 2. The predicted molar refractivity (Wildman–Crippen MR) is 139 cm³/mol. The van der Waals surface area contributed by atoms with Gasteiger partial charge in [0.05, 0.1) is 15.8 Å². The first-order valence-corrected chi connectivity index (χ1v) is 12.9. The van der Waals surface area contributed by atoms with Gasteiger partial charge in [0.25, 0.3) is 0 Å². The van der Waals surface area contributed by atoms with E-state index in [1.54, 1.807) is 31.2 Å². The zero-order chi connectivity index (χ0) is 23.1. The molecule has 0 bridgehead atoms. The van der Waals surface area contributed by atoms with Crippen LogP contribution in [0.3, 0.4) is 0 Å². The molecule has 1 atom stereocenters. The summed E-state index contributed by atoms with van der Waals surface area (Å²) >= 11 is 0. The number of rotatable bonds is 5. The number of nitrogens with one attached hydrogen (secondary N) is 1. The summed E-state index contributed by atoms with van der Waals surface area (Å²) in [5.41, 5.74) is 4.47. The van der Waals surface area contributed by atoms with Gasteiger partial charge < -0.3 is 5.32 Å². The van der Waals surface area contributed by atoms with Crippen molar-refractivity contribution in [2.75, 3.05) is 0 Å². The topological polar surface area (TPSA) is 132 Å². The van der Waals surface area contributed by atoms with Crippen LogP contribution in [0.4, 0.5) is 0 Å². The molecule has 170 valence electrons. The summed E-state index contributed by atoms with van der Waals surface area (Å²) in [4.78, 5) is -0.0732. The van der Waals surface area contributed by atoms with Gasteiger partial charge in [0, 0.05) is 6.54 Å². The number of nitrogens with two attached hydrogens (primary N) is 2. The van der Waals surface area contributed by atoms with Crippen LogP contribution in [0.2, 0.25) is 0 Å². The van der Waals surface area contributed by atoms with Gasteiger partial charge in [-0.1, -0.05) is 60.7 Å². The maximum absolute atomic E-state index is 12.4. The Morgan fingerprint density at radius 2 is 1.38 bits per heavy atom. The second-order valence-corrected chi connectivity index (χ2v) is 10.8. The minimum atomic E-state index is -4.03. The summed E-state index contributed by atoms with van der Waals surface area (Å²) in [6, 6.07) is 17.7. The molecule has 3 aromatic carbocycles. The van der Waals surface area contributed by atoms with Crippen molar-refractivity contribution >= 4 is 91.3 Å². The van der Waals surface area contributed by atoms with Crippen LogP contribution in [0.15, 0.2) is 70.5 Å². The molecule has 1 aliphatic rings. The fourth-order valence-corrected chi connectivity index (χ4v) is 5.50. The van der Waals surface area contributed by atoms with Crippen molar-refractivity contribution in [3.05, 3.63) is 94.0 Å². The molecule has 1 unspecified atom stereocenters. The predicted octanol–water partition coefficient (Wildman–Crippen LogP) is 1.36. The third-order valence-corrected chi connectivity index (χ3v) is 7.39. The van der Waals surface area contributed by atoms with E-state index in [2.05, 4.69) is 5.32 Å². The zero-order valence-electron chi connectivity index (χ0n) is 17.3. The van der Waals surface area contributed by atoms with Crippen molar-refractivity contribution in [1.29, 1.82) is 0 Å². The van der Waals surface area contributed by atoms with Gasteiger partial charge in [0.1, 0.15) is 0 Å². The van der Waals surface area contributed by atoms with Gasteiger partial charge in [-0.3, -0.25) is 0 Å². The van der Waals surface area contributed by atoms with E-state index >= 15 is 0 Å². The zero-order valence-corrected chi connectivity index (χ0v) is 18.9. The number of sulfonamides is 2. The molecule has 7 nitrogen and oxygen atoms in total. The van der Waals surface area contributed by atoms with Gasteiger partial charge in [-0.2, -0.15) is 0 Å². The van der Waals surface area contributed by atoms with E-state index < -0.39 is 20.0 Å². The van der Waals surface area contributed by atoms with Crippen molar-refractivity contribution < 1.29 is 16.8 Å². The number of hydrogen-bond donors (Lipinski definition) is 3. The Balaban J connectivity index is 0.00000204. The number of fused-ring (bicyclic) bond motifs is 1. The molecule has 0 radical (unpaired) electrons. The summed E-state index contributed by atoms with van der Waals surface area (Å²) in [6.07, 6.45) is 3.05. The molecule has 3 aromatic rings. The number of aryl methyl sites for hydroxylation is 1. The van der Waals surface area contributed by atoms with Crippen molar-refractivity contribution in [3.8, 4) is 0 Å². The summed E-state index contributed by atoms with van der Waals surface area (Å²) < 4.78 is 48.6. The molecule has 0 aromatic heterocycles. The Kier molecular flexibility index (Phi) is 9.94. The van der Waals surface area contributed by atoms with Crippen LogP contribution in [0.5, 0.6) is 0 Å². The first-order chi connectivity index (χ1) is 15.0. The monoisotopic (exact) mass is 517 g/mol. The molecule has 0 spiro atoms. The van der Waals surface area contributed by atoms with Gasteiger partial charge in [-0.15, -0.1) is 0 Å². The molecule has 0 amide bonds. The third kappa shape index (κ3) is 6.48. The van der Waals surface area contributed by atoms with Crippen LogP contribution in [-0.2, 0) is 26.6 Å². The van der Waals surface area contributed by atoms with E-state index in [4.69, 9.17) is 10.3 Å². The molecule has 1 heterocycles. The average molecular weight is 518 g/mol. The van der Waals surface area contributed by atoms with Crippen LogP contribution in [0, 0.1) is 6.92 Å². The summed E-state index contributed by atoms with van der Waals surface area (Å²) in [5.74, 6) is 0. The standard InChI is InChI=1S/C23H23N3O4S2.2Na.2H/c1-15-6-7-16(21(12-15)31(24,27)28)8-9-17-10-11-18(13-22(17)32(25,29)30)23-20-5-3-2-4-19(20)14-26-23;;;;/h2-13,23,26H,14H2,1H3,(H2,24,27,28)(H2,25,29,30);;;;. The molecule has 4 rings (SSSR count). The van der Waals surface area contributed by atoms with Gasteiger partial charge in [-0.25, -0.2) is 27.1 Å². The van der Waals surface area contributed by atoms with E-state index in [0.717, 1.165) is 22.3 Å². The normalized spacial score (nSPS) is 15.4. The van der Waals surface area contributed by atoms with E-state index in [1.165, 1.54) is 18.2 Å². The second-order valence-electron chi connectivity index (χ2n) is 7.77. The first-order valence-electron chi connectivity index (χ1n) is 9.83. The summed E-state index contributed by atoms with van der Waals surface area (Å²) in [6.45, 7) is 2.45. The molecule has 34 heavy (non-hydrogen) atoms. The van der Waals surface area contributed by atoms with Gasteiger partial charge in [0.15, 0.2) is 0 Å². The second kappa shape index (κ2) is 11.5. The van der Waals surface area contributed by atoms with Crippen molar-refractivity contribution in [1.82, 2.24) is 5.32 Å². The molecule has 0 aliphatic carbocycles. The Bertz CT molecular complexity index is 1460. The van der Waals surface area contributed by atoms with Crippen LogP contribution in [-0.4, -0.2) is 76.0 Å². The maximum atomic E-state index is 12.4. The number of hydrogen-bond acceptors (Lipinski definition) is 5. The fraction of sp³-hybridized carbons (Fsp3) is 0.130. The van der Waals surface area contributed by atoms with Crippen LogP contribution in [0.25, 0.3) is 12.2 Å². The van der Waals surface area contributed by atoms with Crippen LogP contribution in [0.1, 0.15) is 39.4 Å². The van der Waals surface area contributed by atoms with Gasteiger partial charge in [0.2, 0.25) is 20.0 Å². The molecule has 0 fully saturated rings. The van der Waals surface area contributed by atoms with Crippen molar-refractivity contribution in [2.45, 2.75) is 29.3 Å². The fourth-order valence-electron chi connectivity index (χ4n) is 3.92. The Hall–Kier alpha value is -0.820. The average Bonchev–Trinajstić information content (AvgIpc) is 3.15. The Morgan fingerprint density at radius 1 is 0.824 bits per heavy atom. The van der Waals surface area contributed by atoms with Gasteiger partial charge in [-0.05, 0) is 52.4 Å². The van der Waals surface area contributed by atoms with E-state index in [9.17, 15) is 16.8 Å². The molecule has 11 heteroatoms. The van der Waals surface area contributed by atoms with E-state index in [-0.39, 0.29) is 74.9 Å². The molecule has 1 aliphatic heterocycles.